The smallest absolute Gasteiger partial charge is 0.101 e. The van der Waals surface area contributed by atoms with Crippen LogP contribution in [0.25, 0.3) is 0 Å². The second kappa shape index (κ2) is 6.66. The molecule has 0 saturated carbocycles. The van der Waals surface area contributed by atoms with Crippen molar-refractivity contribution in [3.63, 3.8) is 0 Å². The van der Waals surface area contributed by atoms with Gasteiger partial charge in [-0.1, -0.05) is 35.8 Å². The van der Waals surface area contributed by atoms with Gasteiger partial charge in [-0.05, 0) is 30.5 Å². The average Bonchev–Trinajstić information content (AvgIpc) is 2.39. The number of hydrogen-bond donors (Lipinski definition) is 0. The van der Waals surface area contributed by atoms with Gasteiger partial charge in [0.1, 0.15) is 6.07 Å². The van der Waals surface area contributed by atoms with Crippen LogP contribution < -0.4 is 4.90 Å². The van der Waals surface area contributed by atoms with E-state index in [0.29, 0.717) is 6.04 Å². The largest absolute Gasteiger partial charge is 0.371 e. The first-order chi connectivity index (χ1) is 8.17. The molecule has 3 heteroatoms. The van der Waals surface area contributed by atoms with Gasteiger partial charge in [-0.25, -0.2) is 0 Å². The first-order valence-corrected chi connectivity index (χ1v) is 7.11. The van der Waals surface area contributed by atoms with E-state index in [-0.39, 0.29) is 0 Å². The van der Waals surface area contributed by atoms with Crippen LogP contribution in [0.4, 0.5) is 5.69 Å². The maximum absolute atomic E-state index is 9.22. The summed E-state index contributed by atoms with van der Waals surface area (Å²) in [7, 11) is 2.07. The van der Waals surface area contributed by atoms with Crippen molar-refractivity contribution in [2.45, 2.75) is 38.1 Å². The molecule has 0 aliphatic carbocycles. The van der Waals surface area contributed by atoms with Crippen molar-refractivity contribution in [3.8, 4) is 6.07 Å². The van der Waals surface area contributed by atoms with E-state index >= 15 is 0 Å². The Labute approximate surface area is 112 Å². The lowest BCUT2D eigenvalue weighted by Crippen LogP contribution is -2.30. The molecule has 0 aliphatic heterocycles. The van der Waals surface area contributed by atoms with Crippen LogP contribution >= 0.6 is 15.9 Å². The van der Waals surface area contributed by atoms with Gasteiger partial charge in [-0.3, -0.25) is 0 Å². The van der Waals surface area contributed by atoms with Gasteiger partial charge < -0.3 is 4.90 Å². The lowest BCUT2D eigenvalue weighted by Gasteiger charge is -2.29. The van der Waals surface area contributed by atoms with Crippen molar-refractivity contribution in [2.24, 2.45) is 0 Å². The molecule has 0 bridgehead atoms. The van der Waals surface area contributed by atoms with Crippen molar-refractivity contribution in [1.82, 2.24) is 0 Å². The van der Waals surface area contributed by atoms with Gasteiger partial charge in [0.2, 0.25) is 0 Å². The number of rotatable bonds is 5. The fourth-order valence-electron chi connectivity index (χ4n) is 2.10. The predicted octanol–water partition coefficient (Wildman–Crippen LogP) is 4.08. The van der Waals surface area contributed by atoms with Crippen LogP contribution in [-0.2, 0) is 5.33 Å². The van der Waals surface area contributed by atoms with Gasteiger partial charge in [0, 0.05) is 18.4 Å². The van der Waals surface area contributed by atoms with Crippen LogP contribution in [0.1, 0.15) is 37.8 Å². The number of hydrogen-bond acceptors (Lipinski definition) is 2. The van der Waals surface area contributed by atoms with Crippen LogP contribution in [0.3, 0.4) is 0 Å². The molecule has 0 fully saturated rings. The van der Waals surface area contributed by atoms with Gasteiger partial charge in [-0.15, -0.1) is 0 Å². The van der Waals surface area contributed by atoms with Crippen LogP contribution in [-0.4, -0.2) is 13.1 Å². The standard InChI is InChI=1S/C14H19BrN2/c1-4-13(5-2)17(3)14-7-6-11(9-15)8-12(14)10-16/h6-8,13H,4-5,9H2,1-3H3. The minimum absolute atomic E-state index is 0.497. The van der Waals surface area contributed by atoms with Crippen LogP contribution in [0.5, 0.6) is 0 Å². The first kappa shape index (κ1) is 14.1. The molecule has 0 spiro atoms. The highest BCUT2D eigenvalue weighted by Gasteiger charge is 2.14. The monoisotopic (exact) mass is 294 g/mol. The van der Waals surface area contributed by atoms with E-state index in [9.17, 15) is 5.26 Å². The Morgan fingerprint density at radius 3 is 2.47 bits per heavy atom. The van der Waals surface area contributed by atoms with Gasteiger partial charge in [0.25, 0.3) is 0 Å². The van der Waals surface area contributed by atoms with Gasteiger partial charge in [0.05, 0.1) is 11.3 Å². The lowest BCUT2D eigenvalue weighted by atomic mass is 10.1. The number of alkyl halides is 1. The molecule has 92 valence electrons. The van der Waals surface area contributed by atoms with Crippen molar-refractivity contribution >= 4 is 21.6 Å². The minimum atomic E-state index is 0.497. The van der Waals surface area contributed by atoms with Crippen molar-refractivity contribution in [2.75, 3.05) is 11.9 Å². The van der Waals surface area contributed by atoms with Crippen molar-refractivity contribution in [1.29, 1.82) is 5.26 Å². The Balaban J connectivity index is 3.09. The van der Waals surface area contributed by atoms with E-state index in [0.717, 1.165) is 35.0 Å². The molecule has 2 nitrogen and oxygen atoms in total. The summed E-state index contributed by atoms with van der Waals surface area (Å²) >= 11 is 3.42. The molecule has 0 radical (unpaired) electrons. The molecule has 0 atom stereocenters. The molecule has 1 rings (SSSR count). The molecule has 0 heterocycles. The molecule has 0 aromatic heterocycles. The number of halogens is 1. The van der Waals surface area contributed by atoms with Gasteiger partial charge in [-0.2, -0.15) is 5.26 Å². The molecule has 1 aromatic rings. The molecule has 0 unspecified atom stereocenters. The van der Waals surface area contributed by atoms with E-state index in [2.05, 4.69) is 53.9 Å². The maximum atomic E-state index is 9.22. The van der Waals surface area contributed by atoms with Gasteiger partial charge in [0.15, 0.2) is 0 Å². The Morgan fingerprint density at radius 2 is 2.00 bits per heavy atom. The van der Waals surface area contributed by atoms with E-state index in [1.54, 1.807) is 0 Å². The Hall–Kier alpha value is -1.01. The third-order valence-corrected chi connectivity index (χ3v) is 3.85. The third kappa shape index (κ3) is 3.23. The van der Waals surface area contributed by atoms with Crippen molar-refractivity contribution in [3.05, 3.63) is 29.3 Å². The summed E-state index contributed by atoms with van der Waals surface area (Å²) in [5, 5.41) is 10.0. The highest BCUT2D eigenvalue weighted by atomic mass is 79.9. The molecule has 0 saturated heterocycles. The Bertz CT molecular complexity index is 405. The highest BCUT2D eigenvalue weighted by molar-refractivity contribution is 9.08. The highest BCUT2D eigenvalue weighted by Crippen LogP contribution is 2.24. The Kier molecular flexibility index (Phi) is 5.50. The molecular weight excluding hydrogens is 276 g/mol. The molecule has 0 amide bonds. The normalized spacial score (nSPS) is 10.4. The summed E-state index contributed by atoms with van der Waals surface area (Å²) in [4.78, 5) is 2.22. The maximum Gasteiger partial charge on any atom is 0.101 e. The number of benzene rings is 1. The van der Waals surface area contributed by atoms with E-state index < -0.39 is 0 Å². The summed E-state index contributed by atoms with van der Waals surface area (Å²) in [5.74, 6) is 0. The Morgan fingerprint density at radius 1 is 1.35 bits per heavy atom. The molecular formula is C14H19BrN2. The molecule has 0 N–H and O–H groups in total. The molecule has 1 aromatic carbocycles. The first-order valence-electron chi connectivity index (χ1n) is 5.99. The topological polar surface area (TPSA) is 27.0 Å². The zero-order valence-electron chi connectivity index (χ0n) is 10.7. The van der Waals surface area contributed by atoms with E-state index in [1.165, 1.54) is 0 Å². The van der Waals surface area contributed by atoms with Crippen molar-refractivity contribution < 1.29 is 0 Å². The summed E-state index contributed by atoms with van der Waals surface area (Å²) in [6.45, 7) is 4.37. The lowest BCUT2D eigenvalue weighted by molar-refractivity contribution is 0.591. The van der Waals surface area contributed by atoms with Crippen LogP contribution in [0.2, 0.25) is 0 Å². The molecule has 0 aliphatic rings. The summed E-state index contributed by atoms with van der Waals surface area (Å²) in [6, 6.07) is 8.87. The summed E-state index contributed by atoms with van der Waals surface area (Å²) in [6.07, 6.45) is 2.19. The van der Waals surface area contributed by atoms with Crippen LogP contribution in [0, 0.1) is 11.3 Å². The zero-order chi connectivity index (χ0) is 12.8. The minimum Gasteiger partial charge on any atom is -0.371 e. The van der Waals surface area contributed by atoms with Crippen LogP contribution in [0.15, 0.2) is 18.2 Å². The zero-order valence-corrected chi connectivity index (χ0v) is 12.3. The SMILES string of the molecule is CCC(CC)N(C)c1ccc(CBr)cc1C#N. The third-order valence-electron chi connectivity index (χ3n) is 3.21. The second-order valence-electron chi connectivity index (χ2n) is 4.18. The average molecular weight is 295 g/mol. The fourth-order valence-corrected chi connectivity index (χ4v) is 2.45. The number of nitriles is 1. The summed E-state index contributed by atoms with van der Waals surface area (Å²) < 4.78 is 0. The second-order valence-corrected chi connectivity index (χ2v) is 4.74. The predicted molar refractivity (Wildman–Crippen MR) is 76.6 cm³/mol. The fraction of sp³-hybridized carbons (Fsp3) is 0.500. The number of nitrogens with zero attached hydrogens (tertiary/aromatic N) is 2. The van der Waals surface area contributed by atoms with E-state index in [1.807, 2.05) is 12.1 Å². The van der Waals surface area contributed by atoms with Gasteiger partial charge >= 0.3 is 0 Å². The number of anilines is 1. The molecule has 17 heavy (non-hydrogen) atoms. The summed E-state index contributed by atoms with van der Waals surface area (Å²) in [5.41, 5.74) is 2.94. The van der Waals surface area contributed by atoms with E-state index in [4.69, 9.17) is 0 Å². The quantitative estimate of drug-likeness (QED) is 0.765.